The van der Waals surface area contributed by atoms with Crippen LogP contribution in [-0.2, 0) is 19.6 Å². The normalized spacial score (nSPS) is 15.9. The third kappa shape index (κ3) is 6.40. The average molecular weight is 636 g/mol. The van der Waals surface area contributed by atoms with Crippen LogP contribution in [0.1, 0.15) is 30.4 Å². The van der Waals surface area contributed by atoms with E-state index in [9.17, 15) is 18.0 Å². The average Bonchev–Trinajstić information content (AvgIpc) is 3.42. The van der Waals surface area contributed by atoms with E-state index >= 15 is 0 Å². The van der Waals surface area contributed by atoms with Gasteiger partial charge in [-0.05, 0) is 86.1 Å². The van der Waals surface area contributed by atoms with Gasteiger partial charge in [0.05, 0.1) is 28.4 Å². The number of likely N-dealkylation sites (N-methyl/N-ethyl adjacent to an activating group) is 1. The molecule has 10 heteroatoms. The van der Waals surface area contributed by atoms with Crippen molar-refractivity contribution in [3.05, 3.63) is 114 Å². The first-order chi connectivity index (χ1) is 22.2. The fourth-order valence-electron chi connectivity index (χ4n) is 5.84. The Hall–Kier alpha value is -4.93. The van der Waals surface area contributed by atoms with Gasteiger partial charge in [0.2, 0.25) is 5.91 Å². The van der Waals surface area contributed by atoms with Crippen LogP contribution >= 0.6 is 0 Å². The molecule has 0 aromatic heterocycles. The maximum atomic E-state index is 13.5. The topological polar surface area (TPSA) is 102 Å². The summed E-state index contributed by atoms with van der Waals surface area (Å²) in [6.45, 7) is 2.31. The molecule has 46 heavy (non-hydrogen) atoms. The molecule has 1 saturated heterocycles. The van der Waals surface area contributed by atoms with Gasteiger partial charge in [-0.3, -0.25) is 18.8 Å². The van der Waals surface area contributed by atoms with Crippen LogP contribution in [0.25, 0.3) is 11.3 Å². The molecule has 0 unspecified atom stereocenters. The second kappa shape index (κ2) is 13.2. The highest BCUT2D eigenvalue weighted by atomic mass is 32.2. The van der Waals surface area contributed by atoms with Gasteiger partial charge in [-0.2, -0.15) is 0 Å². The van der Waals surface area contributed by atoms with Crippen LogP contribution in [0, 0.1) is 0 Å². The molecular weight excluding hydrogens is 598 g/mol. The van der Waals surface area contributed by atoms with Crippen molar-refractivity contribution in [2.75, 3.05) is 53.6 Å². The van der Waals surface area contributed by atoms with E-state index in [2.05, 4.69) is 15.5 Å². The summed E-state index contributed by atoms with van der Waals surface area (Å²) in [6.07, 6.45) is 3.48. The third-order valence-electron chi connectivity index (χ3n) is 8.53. The quantitative estimate of drug-likeness (QED) is 0.223. The number of likely N-dealkylation sites (tertiary alicyclic amines) is 1. The largest absolute Gasteiger partial charge is 0.354 e. The molecular formula is C36H37N5O4S. The number of hydrogen-bond donors (Lipinski definition) is 2. The fraction of sp³-hybridized carbons (Fsp3) is 0.222. The number of carbonyl (C=O) groups excluding carboxylic acids is 2. The number of piperidine rings is 1. The number of nitrogens with zero attached hydrogens (tertiary/aromatic N) is 3. The lowest BCUT2D eigenvalue weighted by atomic mass is 9.99. The molecule has 9 nitrogen and oxygen atoms in total. The summed E-state index contributed by atoms with van der Waals surface area (Å²) < 4.78 is 28.0. The number of benzene rings is 4. The van der Waals surface area contributed by atoms with Crippen LogP contribution in [0.2, 0.25) is 0 Å². The van der Waals surface area contributed by atoms with Crippen molar-refractivity contribution in [1.29, 1.82) is 0 Å². The lowest BCUT2D eigenvalue weighted by Gasteiger charge is -2.28. The van der Waals surface area contributed by atoms with E-state index < -0.39 is 10.0 Å². The number of rotatable bonds is 9. The highest BCUT2D eigenvalue weighted by molar-refractivity contribution is 7.92. The molecule has 1 fully saturated rings. The molecule has 2 aliphatic heterocycles. The Balaban J connectivity index is 1.32. The Morgan fingerprint density at radius 2 is 1.46 bits per heavy atom. The first-order valence-corrected chi connectivity index (χ1v) is 16.8. The summed E-state index contributed by atoms with van der Waals surface area (Å²) in [5.74, 6) is -0.254. The molecule has 0 bridgehead atoms. The van der Waals surface area contributed by atoms with Gasteiger partial charge in [-0.1, -0.05) is 55.0 Å². The second-order valence-corrected chi connectivity index (χ2v) is 13.5. The first kappa shape index (κ1) is 31.1. The Morgan fingerprint density at radius 3 is 2.13 bits per heavy atom. The summed E-state index contributed by atoms with van der Waals surface area (Å²) in [5.41, 5.74) is 4.86. The van der Waals surface area contributed by atoms with Crippen LogP contribution in [0.15, 0.2) is 108 Å². The highest BCUT2D eigenvalue weighted by Crippen LogP contribution is 2.40. The van der Waals surface area contributed by atoms with Crippen molar-refractivity contribution < 1.29 is 18.0 Å². The molecule has 236 valence electrons. The van der Waals surface area contributed by atoms with Crippen molar-refractivity contribution >= 4 is 55.9 Å². The van der Waals surface area contributed by atoms with Gasteiger partial charge in [0.15, 0.2) is 0 Å². The Labute approximate surface area is 270 Å². The first-order valence-electron chi connectivity index (χ1n) is 15.4. The van der Waals surface area contributed by atoms with Gasteiger partial charge in [0.1, 0.15) is 0 Å². The van der Waals surface area contributed by atoms with E-state index in [1.807, 2.05) is 54.6 Å². The SMILES string of the molecule is CN(C(=O)CN1CCCCC1)c1ccc(N/C(=C2\C(=O)Nc3ccc(N(C)S(=O)(=O)c4ccccc4)cc32)c2ccccc2)cc1. The minimum absolute atomic E-state index is 0.0454. The van der Waals surface area contributed by atoms with Crippen LogP contribution in [0.5, 0.6) is 0 Å². The molecule has 4 aromatic carbocycles. The van der Waals surface area contributed by atoms with E-state index in [-0.39, 0.29) is 16.7 Å². The summed E-state index contributed by atoms with van der Waals surface area (Å²) >= 11 is 0. The maximum absolute atomic E-state index is 13.5. The monoisotopic (exact) mass is 635 g/mol. The van der Waals surface area contributed by atoms with Gasteiger partial charge in [0.25, 0.3) is 15.9 Å². The smallest absolute Gasteiger partial charge is 0.264 e. The van der Waals surface area contributed by atoms with Gasteiger partial charge in [-0.15, -0.1) is 0 Å². The minimum Gasteiger partial charge on any atom is -0.354 e. The zero-order valence-corrected chi connectivity index (χ0v) is 26.8. The molecule has 0 atom stereocenters. The minimum atomic E-state index is -3.82. The van der Waals surface area contributed by atoms with Crippen molar-refractivity contribution in [1.82, 2.24) is 4.90 Å². The van der Waals surface area contributed by atoms with Crippen LogP contribution < -0.4 is 19.8 Å². The number of carbonyl (C=O) groups is 2. The third-order valence-corrected chi connectivity index (χ3v) is 10.3. The second-order valence-electron chi connectivity index (χ2n) is 11.5. The molecule has 4 aromatic rings. The van der Waals surface area contributed by atoms with Crippen molar-refractivity contribution in [3.8, 4) is 0 Å². The van der Waals surface area contributed by atoms with Gasteiger partial charge < -0.3 is 15.5 Å². The molecule has 2 N–H and O–H groups in total. The number of fused-ring (bicyclic) bond motifs is 1. The van der Waals surface area contributed by atoms with E-state index in [1.165, 1.54) is 17.8 Å². The molecule has 0 spiro atoms. The molecule has 6 rings (SSSR count). The molecule has 0 saturated carbocycles. The number of nitrogens with one attached hydrogen (secondary N) is 2. The Bertz CT molecular complexity index is 1870. The Morgan fingerprint density at radius 1 is 0.826 bits per heavy atom. The van der Waals surface area contributed by atoms with Gasteiger partial charge >= 0.3 is 0 Å². The Kier molecular flexibility index (Phi) is 8.92. The van der Waals surface area contributed by atoms with Crippen LogP contribution in [0.3, 0.4) is 0 Å². The van der Waals surface area contributed by atoms with E-state index in [1.54, 1.807) is 60.5 Å². The molecule has 0 radical (unpaired) electrons. The summed E-state index contributed by atoms with van der Waals surface area (Å²) in [5, 5.41) is 6.39. The zero-order valence-electron chi connectivity index (χ0n) is 25.9. The maximum Gasteiger partial charge on any atom is 0.264 e. The predicted octanol–water partition coefficient (Wildman–Crippen LogP) is 5.89. The number of amides is 2. The van der Waals surface area contributed by atoms with Gasteiger partial charge in [-0.25, -0.2) is 8.42 Å². The fourth-order valence-corrected chi connectivity index (χ4v) is 7.05. The molecule has 2 aliphatic rings. The summed E-state index contributed by atoms with van der Waals surface area (Å²) in [6, 6.07) is 30.4. The van der Waals surface area contributed by atoms with Crippen LogP contribution in [-0.4, -0.2) is 58.9 Å². The number of anilines is 4. The standard InChI is InChI=1S/C36H37N5O4S/c1-39(33(42)25-41-22-10-5-11-23-41)28-18-16-27(17-19-28)37-35(26-12-6-3-7-13-26)34-31-24-29(20-21-32(31)38-36(34)43)40(2)46(44,45)30-14-8-4-9-15-30/h3-4,6-9,12-21,24,37H,5,10-11,22-23,25H2,1-2H3,(H,38,43)/b35-34-. The van der Waals surface area contributed by atoms with E-state index in [0.717, 1.165) is 42.9 Å². The summed E-state index contributed by atoms with van der Waals surface area (Å²) in [7, 11) is -0.528. The van der Waals surface area contributed by atoms with Crippen molar-refractivity contribution in [2.24, 2.45) is 0 Å². The highest BCUT2D eigenvalue weighted by Gasteiger charge is 2.31. The van der Waals surface area contributed by atoms with E-state index in [4.69, 9.17) is 0 Å². The lowest BCUT2D eigenvalue weighted by Crippen LogP contribution is -2.40. The van der Waals surface area contributed by atoms with E-state index in [0.29, 0.717) is 34.8 Å². The number of sulfonamides is 1. The number of hydrogen-bond acceptors (Lipinski definition) is 6. The molecule has 2 amide bonds. The van der Waals surface area contributed by atoms with Gasteiger partial charge in [0, 0.05) is 36.7 Å². The predicted molar refractivity (Wildman–Crippen MR) is 184 cm³/mol. The van der Waals surface area contributed by atoms with Crippen molar-refractivity contribution in [2.45, 2.75) is 24.2 Å². The lowest BCUT2D eigenvalue weighted by molar-refractivity contribution is -0.119. The summed E-state index contributed by atoms with van der Waals surface area (Å²) in [4.78, 5) is 30.6. The molecule has 2 heterocycles. The zero-order chi connectivity index (χ0) is 32.3. The molecule has 0 aliphatic carbocycles. The van der Waals surface area contributed by atoms with Crippen molar-refractivity contribution in [3.63, 3.8) is 0 Å². The van der Waals surface area contributed by atoms with Crippen LogP contribution in [0.4, 0.5) is 22.7 Å².